The third-order valence-electron chi connectivity index (χ3n) is 4.92. The van der Waals surface area contributed by atoms with Crippen molar-refractivity contribution in [2.75, 3.05) is 13.7 Å². The Morgan fingerprint density at radius 3 is 2.39 bits per heavy atom. The van der Waals surface area contributed by atoms with E-state index in [1.165, 1.54) is 0 Å². The maximum Gasteiger partial charge on any atom is 0.414 e. The van der Waals surface area contributed by atoms with Crippen LogP contribution in [-0.4, -0.2) is 61.6 Å². The number of hydrogen-bond donors (Lipinski definition) is 2. The lowest BCUT2D eigenvalue weighted by molar-refractivity contribution is -0.159. The quantitative estimate of drug-likeness (QED) is 0.571. The van der Waals surface area contributed by atoms with Crippen LogP contribution in [0.5, 0.6) is 0 Å². The SMILES string of the molecule is COCc1ccc(C(=O)N2CCc3ncnc(-c4cccnc4)c3C2)cc1.O=C(O)C(=O)O. The van der Waals surface area contributed by atoms with Gasteiger partial charge in [-0.15, -0.1) is 0 Å². The molecule has 170 valence electrons. The predicted octanol–water partition coefficient (Wildman–Crippen LogP) is 2.04. The molecule has 0 saturated carbocycles. The molecule has 33 heavy (non-hydrogen) atoms. The van der Waals surface area contributed by atoms with Gasteiger partial charge in [-0.3, -0.25) is 9.78 Å². The van der Waals surface area contributed by atoms with E-state index in [0.29, 0.717) is 25.3 Å². The second kappa shape index (κ2) is 10.9. The minimum Gasteiger partial charge on any atom is -0.473 e. The van der Waals surface area contributed by atoms with Gasteiger partial charge in [0.2, 0.25) is 0 Å². The maximum absolute atomic E-state index is 13.0. The summed E-state index contributed by atoms with van der Waals surface area (Å²) in [4.78, 5) is 46.1. The van der Waals surface area contributed by atoms with Gasteiger partial charge in [0.05, 0.1) is 18.0 Å². The highest BCUT2D eigenvalue weighted by Gasteiger charge is 2.25. The van der Waals surface area contributed by atoms with Crippen molar-refractivity contribution in [1.29, 1.82) is 0 Å². The predicted molar refractivity (Wildman–Crippen MR) is 116 cm³/mol. The molecule has 0 unspecified atom stereocenters. The molecule has 1 aliphatic rings. The summed E-state index contributed by atoms with van der Waals surface area (Å²) in [6, 6.07) is 11.4. The van der Waals surface area contributed by atoms with Crippen LogP contribution >= 0.6 is 0 Å². The monoisotopic (exact) mass is 450 g/mol. The number of carboxylic acid groups (broad SMARTS) is 2. The highest BCUT2D eigenvalue weighted by atomic mass is 16.5. The minimum atomic E-state index is -1.82. The fourth-order valence-corrected chi connectivity index (χ4v) is 3.36. The first-order chi connectivity index (χ1) is 15.9. The van der Waals surface area contributed by atoms with Crippen LogP contribution in [0, 0.1) is 0 Å². The molecule has 1 aliphatic heterocycles. The van der Waals surface area contributed by atoms with E-state index in [1.807, 2.05) is 41.3 Å². The van der Waals surface area contributed by atoms with Crippen LogP contribution in [0.15, 0.2) is 55.1 Å². The molecule has 4 rings (SSSR count). The summed E-state index contributed by atoms with van der Waals surface area (Å²) in [5.41, 5.74) is 5.52. The second-order valence-corrected chi connectivity index (χ2v) is 7.11. The fourth-order valence-electron chi connectivity index (χ4n) is 3.36. The standard InChI is InChI=1S/C21H20N4O2.C2H2O4/c1-27-13-15-4-6-16(7-5-15)21(26)25-10-8-19-18(12-25)20(24-14-23-19)17-3-2-9-22-11-17;3-1(4)2(5)6/h2-7,9,11,14H,8,10,12-13H2,1H3;(H,3,4)(H,5,6). The summed E-state index contributed by atoms with van der Waals surface area (Å²) in [5.74, 6) is -3.63. The fraction of sp³-hybridized carbons (Fsp3) is 0.217. The summed E-state index contributed by atoms with van der Waals surface area (Å²) in [5, 5.41) is 14.8. The molecule has 1 aromatic carbocycles. The molecule has 3 heterocycles. The first-order valence-electron chi connectivity index (χ1n) is 9.97. The summed E-state index contributed by atoms with van der Waals surface area (Å²) in [6.45, 7) is 1.69. The lowest BCUT2D eigenvalue weighted by Crippen LogP contribution is -2.36. The molecule has 0 radical (unpaired) electrons. The van der Waals surface area contributed by atoms with Gasteiger partial charge in [0, 0.05) is 55.7 Å². The minimum absolute atomic E-state index is 0.0191. The molecule has 2 N–H and O–H groups in total. The van der Waals surface area contributed by atoms with Crippen molar-refractivity contribution in [1.82, 2.24) is 19.9 Å². The van der Waals surface area contributed by atoms with Crippen molar-refractivity contribution >= 4 is 17.8 Å². The number of ether oxygens (including phenoxy) is 1. The van der Waals surface area contributed by atoms with Gasteiger partial charge < -0.3 is 19.8 Å². The molecule has 2 aromatic heterocycles. The van der Waals surface area contributed by atoms with Gasteiger partial charge in [0.1, 0.15) is 6.33 Å². The van der Waals surface area contributed by atoms with Gasteiger partial charge in [-0.05, 0) is 29.8 Å². The summed E-state index contributed by atoms with van der Waals surface area (Å²) in [7, 11) is 1.66. The molecule has 10 nitrogen and oxygen atoms in total. The van der Waals surface area contributed by atoms with Crippen LogP contribution < -0.4 is 0 Å². The number of fused-ring (bicyclic) bond motifs is 1. The number of aromatic nitrogens is 3. The van der Waals surface area contributed by atoms with Gasteiger partial charge >= 0.3 is 11.9 Å². The number of nitrogens with zero attached hydrogens (tertiary/aromatic N) is 4. The highest BCUT2D eigenvalue weighted by molar-refractivity contribution is 6.27. The van der Waals surface area contributed by atoms with Crippen LogP contribution in [0.25, 0.3) is 11.3 Å². The summed E-state index contributed by atoms with van der Waals surface area (Å²) in [6.07, 6.45) is 5.84. The van der Waals surface area contributed by atoms with E-state index in [2.05, 4.69) is 15.0 Å². The molecular formula is C23H22N4O6. The van der Waals surface area contributed by atoms with Crippen molar-refractivity contribution in [2.45, 2.75) is 19.6 Å². The van der Waals surface area contributed by atoms with E-state index < -0.39 is 11.9 Å². The third-order valence-corrected chi connectivity index (χ3v) is 4.92. The average Bonchev–Trinajstić information content (AvgIpc) is 2.84. The number of carboxylic acids is 2. The van der Waals surface area contributed by atoms with E-state index in [0.717, 1.165) is 34.5 Å². The first-order valence-corrected chi connectivity index (χ1v) is 9.97. The Morgan fingerprint density at radius 2 is 1.79 bits per heavy atom. The lowest BCUT2D eigenvalue weighted by atomic mass is 9.99. The molecule has 3 aromatic rings. The molecule has 10 heteroatoms. The summed E-state index contributed by atoms with van der Waals surface area (Å²) >= 11 is 0. The Balaban J connectivity index is 0.000000454. The van der Waals surface area contributed by atoms with Gasteiger partial charge in [0.25, 0.3) is 5.91 Å². The molecule has 0 spiro atoms. The van der Waals surface area contributed by atoms with Crippen LogP contribution in [0.2, 0.25) is 0 Å². The first kappa shape index (κ1) is 23.5. The average molecular weight is 450 g/mol. The third kappa shape index (κ3) is 5.95. The number of aliphatic carboxylic acids is 2. The van der Waals surface area contributed by atoms with Crippen LogP contribution in [-0.2, 0) is 33.9 Å². The lowest BCUT2D eigenvalue weighted by Gasteiger charge is -2.29. The van der Waals surface area contributed by atoms with E-state index in [9.17, 15) is 4.79 Å². The van der Waals surface area contributed by atoms with Crippen molar-refractivity contribution in [3.63, 3.8) is 0 Å². The largest absolute Gasteiger partial charge is 0.473 e. The normalized spacial score (nSPS) is 12.2. The topological polar surface area (TPSA) is 143 Å². The number of amides is 1. The number of carbonyl (C=O) groups is 3. The van der Waals surface area contributed by atoms with Gasteiger partial charge in [-0.25, -0.2) is 19.6 Å². The number of carbonyl (C=O) groups excluding carboxylic acids is 1. The number of benzene rings is 1. The highest BCUT2D eigenvalue weighted by Crippen LogP contribution is 2.27. The molecule has 0 fully saturated rings. The second-order valence-electron chi connectivity index (χ2n) is 7.11. The molecule has 0 saturated heterocycles. The Bertz CT molecular complexity index is 1120. The van der Waals surface area contributed by atoms with Crippen molar-refractivity contribution in [2.24, 2.45) is 0 Å². The van der Waals surface area contributed by atoms with Gasteiger partial charge in [0.15, 0.2) is 0 Å². The van der Waals surface area contributed by atoms with Crippen LogP contribution in [0.3, 0.4) is 0 Å². The van der Waals surface area contributed by atoms with E-state index in [-0.39, 0.29) is 5.91 Å². The Morgan fingerprint density at radius 1 is 1.06 bits per heavy atom. The zero-order valence-electron chi connectivity index (χ0n) is 17.8. The van der Waals surface area contributed by atoms with E-state index in [4.69, 9.17) is 24.5 Å². The van der Waals surface area contributed by atoms with Gasteiger partial charge in [-0.1, -0.05) is 12.1 Å². The summed E-state index contributed by atoms with van der Waals surface area (Å²) < 4.78 is 5.12. The van der Waals surface area contributed by atoms with Gasteiger partial charge in [-0.2, -0.15) is 0 Å². The maximum atomic E-state index is 13.0. The smallest absolute Gasteiger partial charge is 0.414 e. The number of rotatable bonds is 4. The zero-order chi connectivity index (χ0) is 23.8. The molecule has 0 atom stereocenters. The van der Waals surface area contributed by atoms with Crippen LogP contribution in [0.1, 0.15) is 27.2 Å². The Hall–Kier alpha value is -4.18. The molecule has 0 aliphatic carbocycles. The number of pyridine rings is 1. The van der Waals surface area contributed by atoms with Crippen LogP contribution in [0.4, 0.5) is 0 Å². The van der Waals surface area contributed by atoms with Crippen molar-refractivity contribution in [3.05, 3.63) is 77.5 Å². The molecular weight excluding hydrogens is 428 g/mol. The van der Waals surface area contributed by atoms with Crippen molar-refractivity contribution in [3.8, 4) is 11.3 Å². The van der Waals surface area contributed by atoms with E-state index >= 15 is 0 Å². The molecule has 1 amide bonds. The number of methoxy groups -OCH3 is 1. The molecule has 0 bridgehead atoms. The zero-order valence-corrected chi connectivity index (χ0v) is 17.8. The Labute approximate surface area is 189 Å². The van der Waals surface area contributed by atoms with Crippen molar-refractivity contribution < 1.29 is 29.3 Å². The number of hydrogen-bond acceptors (Lipinski definition) is 7. The Kier molecular flexibility index (Phi) is 7.77. The van der Waals surface area contributed by atoms with E-state index in [1.54, 1.807) is 25.8 Å².